The van der Waals surface area contributed by atoms with Crippen LogP contribution in [0.1, 0.15) is 65.4 Å². The summed E-state index contributed by atoms with van der Waals surface area (Å²) in [6, 6.07) is 3.74. The Morgan fingerprint density at radius 2 is 1.68 bits per heavy atom. The number of esters is 1. The number of carbonyl (C=O) groups is 4. The lowest BCUT2D eigenvalue weighted by Gasteiger charge is -2.26. The quantitative estimate of drug-likeness (QED) is 0.166. The van der Waals surface area contributed by atoms with Crippen molar-refractivity contribution in [3.8, 4) is 0 Å². The van der Waals surface area contributed by atoms with Gasteiger partial charge in [0, 0.05) is 18.0 Å². The second-order valence-electron chi connectivity index (χ2n) is 10.0. The lowest BCUT2D eigenvalue weighted by molar-refractivity contribution is -0.137. The first-order valence-corrected chi connectivity index (χ1v) is 12.7. The van der Waals surface area contributed by atoms with E-state index in [-0.39, 0.29) is 34.4 Å². The van der Waals surface area contributed by atoms with Gasteiger partial charge in [-0.25, -0.2) is 28.2 Å². The van der Waals surface area contributed by atoms with Crippen molar-refractivity contribution in [2.75, 3.05) is 13.2 Å². The van der Waals surface area contributed by atoms with Crippen LogP contribution in [-0.2, 0) is 19.0 Å². The number of fused-ring (bicyclic) bond motifs is 1. The first kappa shape index (κ1) is 30.3. The van der Waals surface area contributed by atoms with Gasteiger partial charge in [0.05, 0.1) is 15.7 Å². The van der Waals surface area contributed by atoms with Crippen molar-refractivity contribution in [1.29, 1.82) is 0 Å². The standard InChI is InChI=1S/C26H32FIN2O7/c1-8-35-19(31)11-9-10-14-29(23(33)36-25(2,3)4)22(32)21-20(28)17-15-16(27)12-13-18(17)30(21)24(34)37-26(5,6)7/h9,11-13,15H,8,10,14H2,1-7H3. The van der Waals surface area contributed by atoms with Gasteiger partial charge in [-0.2, -0.15) is 0 Å². The number of carbonyl (C=O) groups excluding carboxylic acids is 4. The molecule has 2 amide bonds. The molecule has 202 valence electrons. The fraction of sp³-hybridized carbons (Fsp3) is 0.462. The summed E-state index contributed by atoms with van der Waals surface area (Å²) < 4.78 is 31.2. The number of hydrogen-bond acceptors (Lipinski definition) is 7. The predicted octanol–water partition coefficient (Wildman–Crippen LogP) is 6.05. The maximum absolute atomic E-state index is 14.1. The molecule has 37 heavy (non-hydrogen) atoms. The third-order valence-corrected chi connectivity index (χ3v) is 5.66. The Labute approximate surface area is 229 Å². The molecule has 11 heteroatoms. The molecular weight excluding hydrogens is 598 g/mol. The maximum atomic E-state index is 14.1. The molecule has 2 aromatic rings. The van der Waals surface area contributed by atoms with Gasteiger partial charge in [-0.1, -0.05) is 6.08 Å². The Hall–Kier alpha value is -2.96. The fourth-order valence-electron chi connectivity index (χ4n) is 3.21. The van der Waals surface area contributed by atoms with Gasteiger partial charge < -0.3 is 14.2 Å². The Kier molecular flexibility index (Phi) is 9.86. The zero-order chi connectivity index (χ0) is 28.1. The summed E-state index contributed by atoms with van der Waals surface area (Å²) in [6.45, 7) is 11.7. The highest BCUT2D eigenvalue weighted by Gasteiger charge is 2.35. The third-order valence-electron chi connectivity index (χ3n) is 4.57. The molecule has 2 rings (SSSR count). The first-order chi connectivity index (χ1) is 17.1. The molecule has 0 bridgehead atoms. The lowest BCUT2D eigenvalue weighted by Crippen LogP contribution is -2.43. The predicted molar refractivity (Wildman–Crippen MR) is 144 cm³/mol. The second-order valence-corrected chi connectivity index (χ2v) is 11.1. The van der Waals surface area contributed by atoms with Crippen LogP contribution in [0.5, 0.6) is 0 Å². The van der Waals surface area contributed by atoms with Gasteiger partial charge in [0.25, 0.3) is 5.91 Å². The molecule has 1 heterocycles. The van der Waals surface area contributed by atoms with Gasteiger partial charge in [-0.3, -0.25) is 4.79 Å². The van der Waals surface area contributed by atoms with E-state index in [1.807, 2.05) is 22.6 Å². The Morgan fingerprint density at radius 3 is 2.24 bits per heavy atom. The van der Waals surface area contributed by atoms with E-state index < -0.39 is 41.1 Å². The zero-order valence-electron chi connectivity index (χ0n) is 22.0. The minimum atomic E-state index is -0.940. The van der Waals surface area contributed by atoms with Crippen molar-refractivity contribution in [3.63, 3.8) is 0 Å². The van der Waals surface area contributed by atoms with Crippen molar-refractivity contribution in [2.45, 2.75) is 66.1 Å². The Bertz CT molecular complexity index is 1220. The SMILES string of the molecule is CCOC(=O)C=CCCN(C(=O)OC(C)(C)C)C(=O)c1c(I)c2cc(F)ccc2n1C(=O)OC(C)(C)C. The van der Waals surface area contributed by atoms with E-state index in [1.165, 1.54) is 30.4 Å². The number of nitrogens with zero attached hydrogens (tertiary/aromatic N) is 2. The molecule has 1 aromatic carbocycles. The minimum absolute atomic E-state index is 0.113. The molecule has 0 aliphatic carbocycles. The number of hydrogen-bond donors (Lipinski definition) is 0. The van der Waals surface area contributed by atoms with Crippen molar-refractivity contribution in [1.82, 2.24) is 9.47 Å². The zero-order valence-corrected chi connectivity index (χ0v) is 24.2. The van der Waals surface area contributed by atoms with Crippen LogP contribution in [-0.4, -0.2) is 57.9 Å². The van der Waals surface area contributed by atoms with Gasteiger partial charge >= 0.3 is 18.2 Å². The monoisotopic (exact) mass is 630 g/mol. The van der Waals surface area contributed by atoms with Crippen LogP contribution < -0.4 is 0 Å². The Morgan fingerprint density at radius 1 is 1.05 bits per heavy atom. The third kappa shape index (κ3) is 8.27. The first-order valence-electron chi connectivity index (χ1n) is 11.7. The number of amides is 2. The van der Waals surface area contributed by atoms with E-state index in [4.69, 9.17) is 14.2 Å². The van der Waals surface area contributed by atoms with Crippen molar-refractivity contribution < 1.29 is 37.8 Å². The highest BCUT2D eigenvalue weighted by Crippen LogP contribution is 2.31. The topological polar surface area (TPSA) is 104 Å². The summed E-state index contributed by atoms with van der Waals surface area (Å²) in [4.78, 5) is 52.6. The van der Waals surface area contributed by atoms with Crippen LogP contribution in [0.4, 0.5) is 14.0 Å². The molecule has 0 radical (unpaired) electrons. The van der Waals surface area contributed by atoms with Crippen LogP contribution >= 0.6 is 22.6 Å². The van der Waals surface area contributed by atoms with E-state index in [9.17, 15) is 23.6 Å². The molecule has 0 spiro atoms. The van der Waals surface area contributed by atoms with Crippen LogP contribution in [0.2, 0.25) is 0 Å². The summed E-state index contributed by atoms with van der Waals surface area (Å²) in [6.07, 6.45) is 0.978. The van der Waals surface area contributed by atoms with Crippen LogP contribution in [0.25, 0.3) is 10.9 Å². The summed E-state index contributed by atoms with van der Waals surface area (Å²) in [5, 5.41) is 0.307. The highest BCUT2D eigenvalue weighted by molar-refractivity contribution is 14.1. The fourth-order valence-corrected chi connectivity index (χ4v) is 4.11. The molecule has 0 aliphatic rings. The lowest BCUT2D eigenvalue weighted by atomic mass is 10.2. The van der Waals surface area contributed by atoms with Crippen LogP contribution in [0.3, 0.4) is 0 Å². The molecule has 9 nitrogen and oxygen atoms in total. The molecule has 0 aliphatic heterocycles. The molecule has 0 unspecified atom stereocenters. The molecule has 0 N–H and O–H groups in total. The van der Waals surface area contributed by atoms with Crippen LogP contribution in [0, 0.1) is 9.39 Å². The Balaban J connectivity index is 2.60. The summed E-state index contributed by atoms with van der Waals surface area (Å²) in [5.41, 5.74) is -1.72. The number of aromatic nitrogens is 1. The molecule has 0 saturated carbocycles. The summed E-state index contributed by atoms with van der Waals surface area (Å²) in [5.74, 6) is -1.95. The smallest absolute Gasteiger partial charge is 0.419 e. The molecule has 0 fully saturated rings. The average Bonchev–Trinajstić information content (AvgIpc) is 3.03. The number of halogens is 2. The second kappa shape index (κ2) is 12.1. The van der Waals surface area contributed by atoms with E-state index in [0.29, 0.717) is 5.39 Å². The maximum Gasteiger partial charge on any atom is 0.419 e. The minimum Gasteiger partial charge on any atom is -0.463 e. The summed E-state index contributed by atoms with van der Waals surface area (Å²) >= 11 is 1.84. The van der Waals surface area contributed by atoms with E-state index in [0.717, 1.165) is 9.47 Å². The molecular formula is C26H32FIN2O7. The van der Waals surface area contributed by atoms with Gasteiger partial charge in [-0.05, 0) is 95.7 Å². The van der Waals surface area contributed by atoms with E-state index in [1.54, 1.807) is 48.5 Å². The van der Waals surface area contributed by atoms with Gasteiger partial charge in [-0.15, -0.1) is 0 Å². The van der Waals surface area contributed by atoms with Crippen molar-refractivity contribution in [3.05, 3.63) is 45.4 Å². The van der Waals surface area contributed by atoms with Crippen molar-refractivity contribution in [2.24, 2.45) is 0 Å². The highest BCUT2D eigenvalue weighted by atomic mass is 127. The van der Waals surface area contributed by atoms with Gasteiger partial charge in [0.1, 0.15) is 22.7 Å². The summed E-state index contributed by atoms with van der Waals surface area (Å²) in [7, 11) is 0. The number of benzene rings is 1. The van der Waals surface area contributed by atoms with Crippen LogP contribution in [0.15, 0.2) is 30.4 Å². The van der Waals surface area contributed by atoms with Crippen molar-refractivity contribution >= 4 is 57.6 Å². The normalized spacial score (nSPS) is 12.0. The average molecular weight is 630 g/mol. The molecule has 1 aromatic heterocycles. The van der Waals surface area contributed by atoms with Gasteiger partial charge in [0.2, 0.25) is 0 Å². The van der Waals surface area contributed by atoms with E-state index in [2.05, 4.69) is 0 Å². The number of ether oxygens (including phenoxy) is 3. The number of rotatable bonds is 6. The van der Waals surface area contributed by atoms with Gasteiger partial charge in [0.15, 0.2) is 0 Å². The molecule has 0 saturated heterocycles. The largest absolute Gasteiger partial charge is 0.463 e. The number of imide groups is 1. The van der Waals surface area contributed by atoms with E-state index >= 15 is 0 Å². The molecule has 0 atom stereocenters.